The molecule has 37 heavy (non-hydrogen) atoms. The summed E-state index contributed by atoms with van der Waals surface area (Å²) in [5.74, 6) is 1.13. The second-order valence-electron chi connectivity index (χ2n) is 10.4. The predicted molar refractivity (Wildman–Crippen MR) is 133 cm³/mol. The lowest BCUT2D eigenvalue weighted by Crippen LogP contribution is -2.34. The van der Waals surface area contributed by atoms with Crippen molar-refractivity contribution >= 4 is 28.6 Å². The van der Waals surface area contributed by atoms with E-state index in [1.165, 1.54) is 0 Å². The summed E-state index contributed by atoms with van der Waals surface area (Å²) in [6.45, 7) is 1.24. The number of imidazole rings is 1. The average molecular weight is 531 g/mol. The fraction of sp³-hybridized carbons (Fsp3) is 0.538. The molecule has 0 amide bonds. The number of halogens is 2. The lowest BCUT2D eigenvalue weighted by atomic mass is 10.0. The molecule has 0 spiro atoms. The molecule has 196 valence electrons. The Balaban J connectivity index is 1.09. The minimum atomic E-state index is -0.651. The number of aliphatic hydroxyl groups is 1. The molecule has 7 atom stereocenters. The number of ether oxygens (including phenoxy) is 4. The Bertz CT molecular complexity index is 1350. The minimum Gasteiger partial charge on any atom is -0.456 e. The van der Waals surface area contributed by atoms with Gasteiger partial charge in [-0.15, -0.1) is 0 Å². The van der Waals surface area contributed by atoms with Crippen LogP contribution in [0.4, 0.5) is 10.2 Å². The molecule has 9 nitrogen and oxygen atoms in total. The lowest BCUT2D eigenvalue weighted by Gasteiger charge is -2.17. The van der Waals surface area contributed by atoms with Crippen molar-refractivity contribution in [2.75, 3.05) is 32.2 Å². The van der Waals surface area contributed by atoms with Crippen molar-refractivity contribution in [3.05, 3.63) is 45.7 Å². The molecule has 0 radical (unpaired) electrons. The molecule has 0 bridgehead atoms. The molecule has 3 N–H and O–H groups in total. The first-order chi connectivity index (χ1) is 18.0. The summed E-state index contributed by atoms with van der Waals surface area (Å²) in [6.07, 6.45) is 0.818. The van der Waals surface area contributed by atoms with Crippen LogP contribution in [0.25, 0.3) is 11.2 Å². The van der Waals surface area contributed by atoms with Crippen molar-refractivity contribution in [2.24, 2.45) is 5.92 Å². The van der Waals surface area contributed by atoms with Crippen LogP contribution in [0.1, 0.15) is 41.5 Å². The summed E-state index contributed by atoms with van der Waals surface area (Å²) in [4.78, 5) is 12.1. The molecule has 4 heterocycles. The van der Waals surface area contributed by atoms with Gasteiger partial charge in [0.05, 0.1) is 29.8 Å². The maximum Gasteiger partial charge on any atom is 0.296 e. The number of benzene rings is 1. The first kappa shape index (κ1) is 23.6. The monoisotopic (exact) mass is 530 g/mol. The van der Waals surface area contributed by atoms with E-state index in [9.17, 15) is 5.11 Å². The largest absolute Gasteiger partial charge is 0.456 e. The number of anilines is 1. The maximum atomic E-state index is 15.3. The van der Waals surface area contributed by atoms with Crippen molar-refractivity contribution in [1.82, 2.24) is 15.0 Å². The van der Waals surface area contributed by atoms with Crippen LogP contribution in [0.2, 0.25) is 5.02 Å². The molecule has 7 rings (SSSR count). The van der Waals surface area contributed by atoms with Crippen LogP contribution < -0.4 is 10.1 Å². The summed E-state index contributed by atoms with van der Waals surface area (Å²) in [7, 11) is 1.71. The molecule has 3 fully saturated rings. The number of methoxy groups -OCH3 is 1. The zero-order chi connectivity index (χ0) is 25.3. The van der Waals surface area contributed by atoms with Crippen LogP contribution in [-0.2, 0) is 20.6 Å². The number of nitrogens with zero attached hydrogens (tertiary/aromatic N) is 2. The number of aromatic amines is 1. The smallest absolute Gasteiger partial charge is 0.296 e. The molecular weight excluding hydrogens is 503 g/mol. The number of aryl methyl sites for hydroxylation is 1. The number of hydrogen-bond donors (Lipinski definition) is 3. The number of aromatic nitrogens is 3. The first-order valence-electron chi connectivity index (χ1n) is 12.7. The van der Waals surface area contributed by atoms with Crippen LogP contribution >= 0.6 is 11.6 Å². The van der Waals surface area contributed by atoms with Crippen molar-refractivity contribution in [3.63, 3.8) is 0 Å². The van der Waals surface area contributed by atoms with Gasteiger partial charge in [-0.25, -0.2) is 9.37 Å². The molecule has 3 aromatic rings. The summed E-state index contributed by atoms with van der Waals surface area (Å²) in [6, 6.07) is 5.60. The summed E-state index contributed by atoms with van der Waals surface area (Å²) in [5.41, 5.74) is 3.84. The van der Waals surface area contributed by atoms with E-state index in [1.54, 1.807) is 19.2 Å². The minimum absolute atomic E-state index is 0.186. The molecule has 2 aliphatic carbocycles. The molecule has 1 saturated carbocycles. The SMILES string of the molecule is COCC1CC1c1cc(F)c2c(c1)CC[C@@H]2Nc1nc2nc(O[C@@H]3CO[C@H]4[C@@H]3OC[C@H]4O)[nH]c2cc1Cl. The highest BCUT2D eigenvalue weighted by Gasteiger charge is 2.48. The van der Waals surface area contributed by atoms with Crippen molar-refractivity contribution in [1.29, 1.82) is 0 Å². The fourth-order valence-electron chi connectivity index (χ4n) is 6.06. The third-order valence-corrected chi connectivity index (χ3v) is 8.27. The van der Waals surface area contributed by atoms with Gasteiger partial charge in [0.1, 0.15) is 29.9 Å². The average Bonchev–Trinajstić information content (AvgIpc) is 3.20. The Morgan fingerprint density at radius 1 is 1.22 bits per heavy atom. The Hall–Kier alpha value is -2.50. The van der Waals surface area contributed by atoms with Crippen LogP contribution in [0, 0.1) is 11.7 Å². The summed E-state index contributed by atoms with van der Waals surface area (Å²) >= 11 is 6.55. The van der Waals surface area contributed by atoms with E-state index in [4.69, 9.17) is 30.5 Å². The highest BCUT2D eigenvalue weighted by atomic mass is 35.5. The van der Waals surface area contributed by atoms with Crippen LogP contribution in [0.3, 0.4) is 0 Å². The number of pyridine rings is 1. The van der Waals surface area contributed by atoms with Gasteiger partial charge in [0, 0.05) is 19.3 Å². The highest BCUT2D eigenvalue weighted by Crippen LogP contribution is 2.49. The Labute approximate surface area is 217 Å². The van der Waals surface area contributed by atoms with E-state index in [1.807, 2.05) is 0 Å². The molecule has 4 aliphatic rings. The number of rotatable bonds is 7. The van der Waals surface area contributed by atoms with Gasteiger partial charge in [0.2, 0.25) is 0 Å². The van der Waals surface area contributed by atoms with Gasteiger partial charge in [-0.2, -0.15) is 4.98 Å². The third-order valence-electron chi connectivity index (χ3n) is 7.98. The van der Waals surface area contributed by atoms with Gasteiger partial charge in [-0.1, -0.05) is 17.7 Å². The van der Waals surface area contributed by atoms with Crippen LogP contribution in [0.5, 0.6) is 6.01 Å². The first-order valence-corrected chi connectivity index (χ1v) is 13.1. The number of aliphatic hydroxyl groups excluding tert-OH is 1. The molecule has 2 saturated heterocycles. The third kappa shape index (κ3) is 4.15. The highest BCUT2D eigenvalue weighted by molar-refractivity contribution is 6.33. The van der Waals surface area contributed by atoms with Crippen molar-refractivity contribution < 1.29 is 28.4 Å². The quantitative estimate of drug-likeness (QED) is 0.426. The van der Waals surface area contributed by atoms with Gasteiger partial charge in [-0.05, 0) is 54.4 Å². The Kier molecular flexibility index (Phi) is 5.78. The summed E-state index contributed by atoms with van der Waals surface area (Å²) < 4.78 is 37.7. The number of H-pyrrole nitrogens is 1. The molecular formula is C26H28ClFN4O5. The van der Waals surface area contributed by atoms with Gasteiger partial charge in [0.25, 0.3) is 6.01 Å². The zero-order valence-corrected chi connectivity index (χ0v) is 21.0. The van der Waals surface area contributed by atoms with E-state index in [2.05, 4.69) is 26.3 Å². The zero-order valence-electron chi connectivity index (χ0n) is 20.2. The second-order valence-corrected chi connectivity index (χ2v) is 10.8. The lowest BCUT2D eigenvalue weighted by molar-refractivity contribution is 0.00706. The summed E-state index contributed by atoms with van der Waals surface area (Å²) in [5, 5.41) is 13.7. The molecule has 2 aromatic heterocycles. The van der Waals surface area contributed by atoms with E-state index in [0.717, 1.165) is 30.4 Å². The normalized spacial score (nSPS) is 32.1. The second kappa shape index (κ2) is 9.06. The number of hydrogen-bond acceptors (Lipinski definition) is 8. The number of nitrogens with one attached hydrogen (secondary N) is 2. The maximum absolute atomic E-state index is 15.3. The molecule has 2 unspecified atom stereocenters. The van der Waals surface area contributed by atoms with Gasteiger partial charge >= 0.3 is 0 Å². The topological polar surface area (TPSA) is 111 Å². The Morgan fingerprint density at radius 2 is 2.08 bits per heavy atom. The van der Waals surface area contributed by atoms with Gasteiger partial charge in [-0.3, -0.25) is 0 Å². The van der Waals surface area contributed by atoms with E-state index in [-0.39, 0.29) is 42.8 Å². The standard InChI is InChI=1S/C26H28ClFN4O5/c1-34-8-13-5-14(13)12-4-11-2-3-17(21(11)16(28)6-12)29-24-15(27)7-18-25(31-24)32-26(30-18)37-20-10-36-22-19(33)9-35-23(20)22/h4,6-7,13-14,17,19-20,22-23,33H,2-3,5,8-10H2,1H3,(H2,29,30,31,32)/t13?,14?,17-,19+,20+,22+,23+/m0/s1. The van der Waals surface area contributed by atoms with Gasteiger partial charge in [0.15, 0.2) is 11.8 Å². The molecule has 11 heteroatoms. The van der Waals surface area contributed by atoms with E-state index >= 15 is 4.39 Å². The van der Waals surface area contributed by atoms with E-state index < -0.39 is 6.10 Å². The number of fused-ring (bicyclic) bond motifs is 3. The van der Waals surface area contributed by atoms with Gasteiger partial charge < -0.3 is 34.4 Å². The van der Waals surface area contributed by atoms with Crippen LogP contribution in [-0.4, -0.2) is 71.4 Å². The molecule has 2 aliphatic heterocycles. The molecule has 1 aromatic carbocycles. The predicted octanol–water partition coefficient (Wildman–Crippen LogP) is 3.51. The van der Waals surface area contributed by atoms with Crippen LogP contribution in [0.15, 0.2) is 18.2 Å². The van der Waals surface area contributed by atoms with Crippen molar-refractivity contribution in [2.45, 2.75) is 55.6 Å². The van der Waals surface area contributed by atoms with E-state index in [0.29, 0.717) is 52.6 Å². The fourth-order valence-corrected chi connectivity index (χ4v) is 6.26. The van der Waals surface area contributed by atoms with Crippen molar-refractivity contribution in [3.8, 4) is 6.01 Å². The Morgan fingerprint density at radius 3 is 2.95 bits per heavy atom.